The Morgan fingerprint density at radius 1 is 1.05 bits per heavy atom. The molecular weight excluding hydrogens is 484 g/mol. The molecule has 2 atom stereocenters. The zero-order valence-corrected chi connectivity index (χ0v) is 23.0. The summed E-state index contributed by atoms with van der Waals surface area (Å²) >= 11 is 0. The van der Waals surface area contributed by atoms with Crippen molar-refractivity contribution in [1.82, 2.24) is 19.8 Å². The lowest BCUT2D eigenvalue weighted by Gasteiger charge is -2.41. The molecule has 6 heteroatoms. The first-order valence-corrected chi connectivity index (χ1v) is 13.8. The van der Waals surface area contributed by atoms with E-state index in [0.717, 1.165) is 42.2 Å². The average molecular weight is 523 g/mol. The van der Waals surface area contributed by atoms with Gasteiger partial charge in [-0.1, -0.05) is 81.4 Å². The van der Waals surface area contributed by atoms with E-state index in [1.165, 1.54) is 0 Å². The topological polar surface area (TPSA) is 70.4 Å². The van der Waals surface area contributed by atoms with E-state index in [4.69, 9.17) is 4.98 Å². The minimum absolute atomic E-state index is 0.0237. The molecule has 2 heterocycles. The van der Waals surface area contributed by atoms with Crippen LogP contribution in [0.15, 0.2) is 91.1 Å². The van der Waals surface area contributed by atoms with Crippen LogP contribution in [0.4, 0.5) is 0 Å². The molecule has 0 aliphatic carbocycles. The lowest BCUT2D eigenvalue weighted by atomic mass is 9.83. The van der Waals surface area contributed by atoms with Crippen molar-refractivity contribution in [2.75, 3.05) is 19.6 Å². The van der Waals surface area contributed by atoms with Crippen molar-refractivity contribution in [3.05, 3.63) is 108 Å². The Morgan fingerprint density at radius 2 is 1.77 bits per heavy atom. The largest absolute Gasteiger partial charge is 0.508 e. The van der Waals surface area contributed by atoms with E-state index in [1.807, 2.05) is 60.7 Å². The highest BCUT2D eigenvalue weighted by atomic mass is 16.3. The zero-order chi connectivity index (χ0) is 27.4. The van der Waals surface area contributed by atoms with Crippen LogP contribution in [-0.2, 0) is 6.54 Å². The number of carbonyl (C=O) groups is 1. The smallest absolute Gasteiger partial charge is 0.254 e. The first-order valence-electron chi connectivity index (χ1n) is 13.8. The predicted molar refractivity (Wildman–Crippen MR) is 156 cm³/mol. The van der Waals surface area contributed by atoms with E-state index in [2.05, 4.69) is 53.9 Å². The van der Waals surface area contributed by atoms with E-state index in [-0.39, 0.29) is 23.1 Å². The van der Waals surface area contributed by atoms with Crippen molar-refractivity contribution >= 4 is 5.91 Å². The number of nitrogens with one attached hydrogen (secondary N) is 1. The highest BCUT2D eigenvalue weighted by Gasteiger charge is 2.40. The summed E-state index contributed by atoms with van der Waals surface area (Å²) in [6.07, 6.45) is 3.12. The van der Waals surface area contributed by atoms with Crippen LogP contribution in [0, 0.1) is 11.3 Å². The maximum Gasteiger partial charge on any atom is 0.254 e. The maximum atomic E-state index is 14.2. The zero-order valence-electron chi connectivity index (χ0n) is 23.0. The van der Waals surface area contributed by atoms with Crippen molar-refractivity contribution in [1.29, 1.82) is 0 Å². The van der Waals surface area contributed by atoms with Crippen LogP contribution in [0.5, 0.6) is 5.75 Å². The summed E-state index contributed by atoms with van der Waals surface area (Å²) < 4.78 is 2.16. The second kappa shape index (κ2) is 11.5. The molecule has 6 nitrogen and oxygen atoms in total. The van der Waals surface area contributed by atoms with Gasteiger partial charge in [0.1, 0.15) is 11.6 Å². The van der Waals surface area contributed by atoms with Gasteiger partial charge in [-0.2, -0.15) is 0 Å². The van der Waals surface area contributed by atoms with Crippen molar-refractivity contribution in [3.63, 3.8) is 0 Å². The fourth-order valence-electron chi connectivity index (χ4n) is 5.57. The molecule has 2 N–H and O–H groups in total. The molecule has 1 aliphatic rings. The summed E-state index contributed by atoms with van der Waals surface area (Å²) in [4.78, 5) is 21.5. The van der Waals surface area contributed by atoms with Gasteiger partial charge in [-0.3, -0.25) is 4.79 Å². The summed E-state index contributed by atoms with van der Waals surface area (Å²) in [7, 11) is 0. The summed E-state index contributed by atoms with van der Waals surface area (Å²) in [5, 5.41) is 13.6. The number of imidazole rings is 1. The van der Waals surface area contributed by atoms with Gasteiger partial charge < -0.3 is 19.9 Å². The number of nitrogens with zero attached hydrogens (tertiary/aromatic N) is 3. The number of rotatable bonds is 8. The van der Waals surface area contributed by atoms with E-state index < -0.39 is 0 Å². The van der Waals surface area contributed by atoms with Crippen molar-refractivity contribution in [3.8, 4) is 17.0 Å². The quantitative estimate of drug-likeness (QED) is 0.292. The fraction of sp³-hybridized carbons (Fsp3) is 0.333. The van der Waals surface area contributed by atoms with Crippen LogP contribution >= 0.6 is 0 Å². The first kappa shape index (κ1) is 26.7. The second-order valence-corrected chi connectivity index (χ2v) is 11.6. The minimum atomic E-state index is -0.299. The molecule has 1 fully saturated rings. The van der Waals surface area contributed by atoms with Crippen LogP contribution < -0.4 is 5.32 Å². The monoisotopic (exact) mass is 522 g/mol. The highest BCUT2D eigenvalue weighted by molar-refractivity contribution is 5.94. The van der Waals surface area contributed by atoms with Gasteiger partial charge in [0.25, 0.3) is 5.91 Å². The molecule has 1 aliphatic heterocycles. The van der Waals surface area contributed by atoms with Gasteiger partial charge in [0, 0.05) is 30.4 Å². The predicted octanol–water partition coefficient (Wildman–Crippen LogP) is 6.14. The van der Waals surface area contributed by atoms with Gasteiger partial charge in [-0.25, -0.2) is 4.98 Å². The van der Waals surface area contributed by atoms with Crippen LogP contribution in [0.1, 0.15) is 55.0 Å². The fourth-order valence-corrected chi connectivity index (χ4v) is 5.57. The molecule has 1 aromatic heterocycles. The molecule has 0 saturated carbocycles. The third-order valence-corrected chi connectivity index (χ3v) is 7.42. The number of benzene rings is 3. The number of hydrogen-bond acceptors (Lipinski definition) is 4. The number of carbonyl (C=O) groups excluding carboxylic acids is 1. The molecule has 1 amide bonds. The molecule has 1 unspecified atom stereocenters. The number of amides is 1. The second-order valence-electron chi connectivity index (χ2n) is 11.6. The molecule has 0 bridgehead atoms. The van der Waals surface area contributed by atoms with Gasteiger partial charge in [-0.15, -0.1) is 0 Å². The van der Waals surface area contributed by atoms with E-state index in [0.29, 0.717) is 24.6 Å². The molecule has 1 saturated heterocycles. The van der Waals surface area contributed by atoms with Crippen LogP contribution in [0.25, 0.3) is 11.3 Å². The van der Waals surface area contributed by atoms with Gasteiger partial charge in [0.15, 0.2) is 0 Å². The number of phenolic OH excluding ortho intramolecular Hbond substituents is 1. The number of aromatic hydroxyl groups is 1. The molecule has 0 spiro atoms. The number of phenols is 1. The molecule has 4 aromatic rings. The van der Waals surface area contributed by atoms with E-state index in [1.54, 1.807) is 12.1 Å². The summed E-state index contributed by atoms with van der Waals surface area (Å²) in [5.41, 5.74) is 3.26. The third-order valence-electron chi connectivity index (χ3n) is 7.42. The van der Waals surface area contributed by atoms with Gasteiger partial charge in [0.05, 0.1) is 11.7 Å². The summed E-state index contributed by atoms with van der Waals surface area (Å²) in [5.74, 6) is 1.49. The van der Waals surface area contributed by atoms with Crippen LogP contribution in [0.2, 0.25) is 0 Å². The average Bonchev–Trinajstić information content (AvgIpc) is 3.59. The number of hydrogen-bond donors (Lipinski definition) is 2. The van der Waals surface area contributed by atoms with Crippen molar-refractivity contribution in [2.45, 2.75) is 39.8 Å². The molecular formula is C33H38N4O2. The van der Waals surface area contributed by atoms with Gasteiger partial charge >= 0.3 is 0 Å². The molecule has 39 heavy (non-hydrogen) atoms. The lowest BCUT2D eigenvalue weighted by Crippen LogP contribution is -2.45. The maximum absolute atomic E-state index is 14.2. The Kier molecular flexibility index (Phi) is 7.84. The normalized spacial score (nSPS) is 16.2. The molecule has 5 rings (SSSR count). The Labute approximate surface area is 231 Å². The standard InChI is InChI=1S/C33H38N4O2/c1-33(2,3)30(37(22-25-17-18-34-20-25)32(39)27-14-8-5-9-15-27)31-35-29(26-12-6-4-7-13-26)23-36(31)21-24-11-10-16-28(38)19-24/h4-16,19,23,25,30,34,38H,17-18,20-22H2,1-3H3/t25?,30-/m0/s1. The lowest BCUT2D eigenvalue weighted by molar-refractivity contribution is 0.0437. The Balaban J connectivity index is 1.64. The Morgan fingerprint density at radius 3 is 2.41 bits per heavy atom. The Bertz CT molecular complexity index is 1390. The summed E-state index contributed by atoms with van der Waals surface area (Å²) in [6, 6.07) is 26.8. The van der Waals surface area contributed by atoms with Crippen molar-refractivity contribution in [2.24, 2.45) is 11.3 Å². The molecule has 202 valence electrons. The van der Waals surface area contributed by atoms with E-state index in [9.17, 15) is 9.90 Å². The number of aromatic nitrogens is 2. The van der Waals surface area contributed by atoms with Gasteiger partial charge in [0.2, 0.25) is 0 Å². The highest BCUT2D eigenvalue weighted by Crippen LogP contribution is 2.40. The van der Waals surface area contributed by atoms with Crippen molar-refractivity contribution < 1.29 is 9.90 Å². The van der Waals surface area contributed by atoms with E-state index >= 15 is 0 Å². The molecule has 3 aromatic carbocycles. The Hall–Kier alpha value is -3.90. The van der Waals surface area contributed by atoms with Crippen LogP contribution in [-0.4, -0.2) is 45.1 Å². The van der Waals surface area contributed by atoms with Crippen LogP contribution in [0.3, 0.4) is 0 Å². The summed E-state index contributed by atoms with van der Waals surface area (Å²) in [6.45, 7) is 9.63. The third kappa shape index (κ3) is 6.23. The molecule has 0 radical (unpaired) electrons. The minimum Gasteiger partial charge on any atom is -0.508 e. The van der Waals surface area contributed by atoms with Gasteiger partial charge in [-0.05, 0) is 60.7 Å². The SMILES string of the molecule is CC(C)(C)[C@H](c1nc(-c2ccccc2)cn1Cc1cccc(O)c1)N(CC1CCNC1)C(=O)c1ccccc1. The first-order chi connectivity index (χ1) is 18.8.